The van der Waals surface area contributed by atoms with Crippen LogP contribution in [0, 0.1) is 11.8 Å². The zero-order valence-electron chi connectivity index (χ0n) is 10.3. The highest BCUT2D eigenvalue weighted by Crippen LogP contribution is 2.03. The summed E-state index contributed by atoms with van der Waals surface area (Å²) < 4.78 is 0. The second-order valence-corrected chi connectivity index (χ2v) is 4.05. The minimum absolute atomic E-state index is 0.342. The smallest absolute Gasteiger partial charge is 0.0433 e. The van der Waals surface area contributed by atoms with Gasteiger partial charge in [-0.2, -0.15) is 0 Å². The predicted octanol–water partition coefficient (Wildman–Crippen LogP) is 2.83. The molecule has 14 heavy (non-hydrogen) atoms. The molecular weight excluding hydrogens is 176 g/mol. The monoisotopic (exact) mass is 204 g/mol. The first-order chi connectivity index (χ1) is 6.62. The summed E-state index contributed by atoms with van der Waals surface area (Å²) in [5, 5.41) is 16.7. The van der Waals surface area contributed by atoms with Crippen molar-refractivity contribution in [1.29, 1.82) is 0 Å². The first-order valence-corrected chi connectivity index (χ1v) is 5.83. The molecular formula is C12H28O2. The molecule has 0 aliphatic heterocycles. The van der Waals surface area contributed by atoms with Crippen LogP contribution in [-0.4, -0.2) is 23.4 Å². The fourth-order valence-corrected chi connectivity index (χ4v) is 0.849. The summed E-state index contributed by atoms with van der Waals surface area (Å²) in [4.78, 5) is 0. The second kappa shape index (κ2) is 12.9. The molecule has 0 heterocycles. The van der Waals surface area contributed by atoms with Gasteiger partial charge >= 0.3 is 0 Å². The highest BCUT2D eigenvalue weighted by Gasteiger charge is 1.94. The average molecular weight is 204 g/mol. The van der Waals surface area contributed by atoms with Crippen LogP contribution in [0.4, 0.5) is 0 Å². The molecule has 0 aliphatic rings. The SMILES string of the molecule is CCC(C)CCO.CCC(C)CCO. The Morgan fingerprint density at radius 1 is 0.786 bits per heavy atom. The summed E-state index contributed by atoms with van der Waals surface area (Å²) in [6.45, 7) is 9.26. The lowest BCUT2D eigenvalue weighted by Gasteiger charge is -2.02. The summed E-state index contributed by atoms with van der Waals surface area (Å²) in [6, 6.07) is 0. The third-order valence-corrected chi connectivity index (χ3v) is 2.64. The van der Waals surface area contributed by atoms with Crippen LogP contribution in [0.25, 0.3) is 0 Å². The lowest BCUT2D eigenvalue weighted by Crippen LogP contribution is -1.94. The molecule has 2 unspecified atom stereocenters. The van der Waals surface area contributed by atoms with E-state index in [1.165, 1.54) is 12.8 Å². The van der Waals surface area contributed by atoms with Crippen molar-refractivity contribution < 1.29 is 10.2 Å². The van der Waals surface area contributed by atoms with Gasteiger partial charge in [-0.25, -0.2) is 0 Å². The molecule has 0 aromatic rings. The van der Waals surface area contributed by atoms with Crippen LogP contribution in [0.3, 0.4) is 0 Å². The van der Waals surface area contributed by atoms with Crippen molar-refractivity contribution in [1.82, 2.24) is 0 Å². The van der Waals surface area contributed by atoms with E-state index < -0.39 is 0 Å². The van der Waals surface area contributed by atoms with Gasteiger partial charge < -0.3 is 10.2 Å². The molecule has 0 bridgehead atoms. The van der Waals surface area contributed by atoms with Crippen LogP contribution in [0.5, 0.6) is 0 Å². The van der Waals surface area contributed by atoms with Crippen molar-refractivity contribution in [3.05, 3.63) is 0 Å². The Bertz CT molecular complexity index is 82.3. The topological polar surface area (TPSA) is 40.5 Å². The fourth-order valence-electron chi connectivity index (χ4n) is 0.849. The standard InChI is InChI=1S/2C6H14O/c2*1-3-6(2)4-5-7/h2*6-7H,3-5H2,1-2H3. The van der Waals surface area contributed by atoms with E-state index in [1.807, 2.05) is 0 Å². The Kier molecular flexibility index (Phi) is 15.1. The molecule has 0 amide bonds. The van der Waals surface area contributed by atoms with E-state index in [0.29, 0.717) is 25.0 Å². The summed E-state index contributed by atoms with van der Waals surface area (Å²) in [7, 11) is 0. The molecule has 0 rings (SSSR count). The van der Waals surface area contributed by atoms with E-state index in [1.54, 1.807) is 0 Å². The minimum atomic E-state index is 0.342. The van der Waals surface area contributed by atoms with Crippen molar-refractivity contribution in [2.45, 2.75) is 53.4 Å². The molecule has 0 aromatic heterocycles. The van der Waals surface area contributed by atoms with Crippen LogP contribution in [0.2, 0.25) is 0 Å². The van der Waals surface area contributed by atoms with Gasteiger partial charge in [0.05, 0.1) is 0 Å². The summed E-state index contributed by atoms with van der Waals surface area (Å²) in [6.07, 6.45) is 4.27. The van der Waals surface area contributed by atoms with Gasteiger partial charge in [-0.3, -0.25) is 0 Å². The van der Waals surface area contributed by atoms with Crippen LogP contribution < -0.4 is 0 Å². The first-order valence-electron chi connectivity index (χ1n) is 5.83. The highest BCUT2D eigenvalue weighted by atomic mass is 16.3. The molecule has 0 saturated heterocycles. The molecule has 0 aliphatic carbocycles. The lowest BCUT2D eigenvalue weighted by molar-refractivity contribution is 0.260. The van der Waals surface area contributed by atoms with Gasteiger partial charge in [-0.05, 0) is 24.7 Å². The summed E-state index contributed by atoms with van der Waals surface area (Å²) in [5.41, 5.74) is 0. The Balaban J connectivity index is 0. The predicted molar refractivity (Wildman–Crippen MR) is 62.3 cm³/mol. The largest absolute Gasteiger partial charge is 0.396 e. The second-order valence-electron chi connectivity index (χ2n) is 4.05. The minimum Gasteiger partial charge on any atom is -0.396 e. The lowest BCUT2D eigenvalue weighted by atomic mass is 10.1. The number of hydrogen-bond acceptors (Lipinski definition) is 2. The third-order valence-electron chi connectivity index (χ3n) is 2.64. The molecule has 88 valence electrons. The Morgan fingerprint density at radius 3 is 1.14 bits per heavy atom. The molecule has 0 saturated carbocycles. The Hall–Kier alpha value is -0.0800. The van der Waals surface area contributed by atoms with Gasteiger partial charge in [0.2, 0.25) is 0 Å². The van der Waals surface area contributed by atoms with Gasteiger partial charge in [0, 0.05) is 13.2 Å². The zero-order chi connectivity index (χ0) is 11.4. The van der Waals surface area contributed by atoms with Crippen LogP contribution in [-0.2, 0) is 0 Å². The molecule has 0 spiro atoms. The molecule has 0 aromatic carbocycles. The number of aliphatic hydroxyl groups is 2. The van der Waals surface area contributed by atoms with E-state index in [0.717, 1.165) is 12.8 Å². The molecule has 0 radical (unpaired) electrons. The van der Waals surface area contributed by atoms with Crippen molar-refractivity contribution in [3.8, 4) is 0 Å². The highest BCUT2D eigenvalue weighted by molar-refractivity contribution is 4.46. The quantitative estimate of drug-likeness (QED) is 0.698. The van der Waals surface area contributed by atoms with E-state index in [4.69, 9.17) is 10.2 Å². The zero-order valence-corrected chi connectivity index (χ0v) is 10.3. The van der Waals surface area contributed by atoms with Crippen molar-refractivity contribution in [2.75, 3.05) is 13.2 Å². The number of hydrogen-bond donors (Lipinski definition) is 2. The summed E-state index contributed by atoms with van der Waals surface area (Å²) in [5.74, 6) is 1.40. The van der Waals surface area contributed by atoms with E-state index >= 15 is 0 Å². The number of aliphatic hydroxyl groups excluding tert-OH is 2. The Labute approximate surface area is 89.3 Å². The number of rotatable bonds is 6. The molecule has 2 atom stereocenters. The third kappa shape index (κ3) is 14.4. The van der Waals surface area contributed by atoms with Gasteiger partial charge in [0.15, 0.2) is 0 Å². The van der Waals surface area contributed by atoms with Crippen LogP contribution in [0.1, 0.15) is 53.4 Å². The van der Waals surface area contributed by atoms with Crippen LogP contribution in [0.15, 0.2) is 0 Å². The van der Waals surface area contributed by atoms with E-state index in [9.17, 15) is 0 Å². The van der Waals surface area contributed by atoms with Gasteiger partial charge in [-0.15, -0.1) is 0 Å². The van der Waals surface area contributed by atoms with E-state index in [2.05, 4.69) is 27.7 Å². The molecule has 2 nitrogen and oxygen atoms in total. The van der Waals surface area contributed by atoms with Crippen LogP contribution >= 0.6 is 0 Å². The van der Waals surface area contributed by atoms with Crippen molar-refractivity contribution in [3.63, 3.8) is 0 Å². The van der Waals surface area contributed by atoms with Crippen molar-refractivity contribution >= 4 is 0 Å². The van der Waals surface area contributed by atoms with Gasteiger partial charge in [0.25, 0.3) is 0 Å². The van der Waals surface area contributed by atoms with Gasteiger partial charge in [0.1, 0.15) is 0 Å². The molecule has 0 fully saturated rings. The molecule has 2 N–H and O–H groups in total. The maximum absolute atomic E-state index is 8.37. The molecule has 2 heteroatoms. The van der Waals surface area contributed by atoms with Gasteiger partial charge in [-0.1, -0.05) is 40.5 Å². The average Bonchev–Trinajstić information content (AvgIpc) is 2.19. The summed E-state index contributed by atoms with van der Waals surface area (Å²) >= 11 is 0. The maximum Gasteiger partial charge on any atom is 0.0433 e. The fraction of sp³-hybridized carbons (Fsp3) is 1.00. The Morgan fingerprint density at radius 2 is 1.07 bits per heavy atom. The normalized spacial score (nSPS) is 14.1. The van der Waals surface area contributed by atoms with Crippen molar-refractivity contribution in [2.24, 2.45) is 11.8 Å². The first kappa shape index (κ1) is 16.4. The maximum atomic E-state index is 8.37. The van der Waals surface area contributed by atoms with E-state index in [-0.39, 0.29) is 0 Å².